The van der Waals surface area contributed by atoms with Crippen LogP contribution in [-0.4, -0.2) is 29.0 Å². The molecule has 159 valence electrons. The molecule has 1 saturated heterocycles. The zero-order valence-corrected chi connectivity index (χ0v) is 18.3. The Hall–Kier alpha value is -2.13. The van der Waals surface area contributed by atoms with Crippen molar-refractivity contribution in [2.75, 3.05) is 13.1 Å². The van der Waals surface area contributed by atoms with E-state index in [2.05, 4.69) is 44.2 Å². The molecule has 0 aromatic heterocycles. The number of nitrogens with zero attached hydrogens (tertiary/aromatic N) is 1. The van der Waals surface area contributed by atoms with E-state index in [-0.39, 0.29) is 11.8 Å². The van der Waals surface area contributed by atoms with E-state index in [0.29, 0.717) is 18.4 Å². The van der Waals surface area contributed by atoms with E-state index in [1.807, 2.05) is 35.2 Å². The van der Waals surface area contributed by atoms with Gasteiger partial charge in [-0.25, -0.2) is 0 Å². The lowest BCUT2D eigenvalue weighted by molar-refractivity contribution is -0.158. The highest BCUT2D eigenvalue weighted by Crippen LogP contribution is 2.44. The van der Waals surface area contributed by atoms with Crippen molar-refractivity contribution in [3.05, 3.63) is 77.7 Å². The van der Waals surface area contributed by atoms with E-state index < -0.39 is 5.60 Å². The minimum Gasteiger partial charge on any atom is -0.375 e. The first kappa shape index (κ1) is 21.1. The summed E-state index contributed by atoms with van der Waals surface area (Å²) in [5.41, 5.74) is 0.675. The van der Waals surface area contributed by atoms with Crippen molar-refractivity contribution in [2.24, 2.45) is 11.8 Å². The topological polar surface area (TPSA) is 40.5 Å². The molecular formula is C27H34NO2. The molecule has 1 heterocycles. The molecule has 4 rings (SSSR count). The van der Waals surface area contributed by atoms with E-state index >= 15 is 0 Å². The fourth-order valence-electron chi connectivity index (χ4n) is 5.79. The number of hydrogen-bond acceptors (Lipinski definition) is 2. The molecule has 1 aliphatic carbocycles. The second-order valence-corrected chi connectivity index (χ2v) is 9.38. The summed E-state index contributed by atoms with van der Waals surface area (Å²) in [6, 6.07) is 20.3. The number of hydrogen-bond donors (Lipinski definition) is 1. The van der Waals surface area contributed by atoms with Crippen LogP contribution in [0.25, 0.3) is 0 Å². The molecule has 2 aromatic carbocycles. The number of likely N-dealkylation sites (tertiary alicyclic amines) is 1. The van der Waals surface area contributed by atoms with Gasteiger partial charge in [-0.05, 0) is 48.1 Å². The maximum atomic E-state index is 13.8. The Bertz CT molecular complexity index is 828. The van der Waals surface area contributed by atoms with Crippen LogP contribution in [0.15, 0.2) is 60.7 Å². The molecule has 0 bridgehead atoms. The Morgan fingerprint density at radius 3 is 2.17 bits per heavy atom. The molecule has 2 fully saturated rings. The second kappa shape index (κ2) is 8.93. The first-order valence-electron chi connectivity index (χ1n) is 11.4. The quantitative estimate of drug-likeness (QED) is 0.709. The number of benzene rings is 2. The standard InChI is InChI=1S/C27H34NO2/c1-20(2)25(21-11-5-3-6-12-21)22-17-18-28(19-22)26(29)27(30,24-15-9-10-16-24)23-13-7-4-8-14-23/h3-8,11-14,22,24-25,30H,9-10,15-19H2,1-2H3/t22?,25?,27-/m0/s1. The van der Waals surface area contributed by atoms with Gasteiger partial charge in [0, 0.05) is 19.0 Å². The third kappa shape index (κ3) is 3.92. The average molecular weight is 405 g/mol. The predicted octanol–water partition coefficient (Wildman–Crippen LogP) is 5.31. The van der Waals surface area contributed by atoms with Crippen LogP contribution in [0.1, 0.15) is 63.0 Å². The number of amides is 1. The predicted molar refractivity (Wildman–Crippen MR) is 121 cm³/mol. The highest BCUT2D eigenvalue weighted by Gasteiger charge is 2.49. The zero-order valence-electron chi connectivity index (χ0n) is 18.3. The number of carbonyl (C=O) groups excluding carboxylic acids is 1. The van der Waals surface area contributed by atoms with E-state index in [4.69, 9.17) is 0 Å². The maximum Gasteiger partial charge on any atom is 0.259 e. The molecule has 2 aliphatic rings. The lowest BCUT2D eigenvalue weighted by atomic mass is 9.77. The molecule has 3 atom stereocenters. The summed E-state index contributed by atoms with van der Waals surface area (Å²) >= 11 is 0. The van der Waals surface area contributed by atoms with E-state index in [1.165, 1.54) is 11.5 Å². The Kier molecular flexibility index (Phi) is 6.29. The Labute approximate surface area is 181 Å². The van der Waals surface area contributed by atoms with Crippen molar-refractivity contribution in [3.63, 3.8) is 0 Å². The van der Waals surface area contributed by atoms with Gasteiger partial charge in [-0.3, -0.25) is 4.79 Å². The third-order valence-electron chi connectivity index (χ3n) is 7.25. The molecule has 1 radical (unpaired) electrons. The largest absolute Gasteiger partial charge is 0.375 e. The lowest BCUT2D eigenvalue weighted by Crippen LogP contribution is -2.50. The highest BCUT2D eigenvalue weighted by molar-refractivity contribution is 5.87. The molecule has 0 spiro atoms. The van der Waals surface area contributed by atoms with E-state index in [9.17, 15) is 9.90 Å². The van der Waals surface area contributed by atoms with Gasteiger partial charge in [-0.15, -0.1) is 0 Å². The van der Waals surface area contributed by atoms with Crippen molar-refractivity contribution in [1.82, 2.24) is 4.90 Å². The van der Waals surface area contributed by atoms with Crippen molar-refractivity contribution in [2.45, 2.75) is 57.5 Å². The lowest BCUT2D eigenvalue weighted by Gasteiger charge is -2.37. The third-order valence-corrected chi connectivity index (χ3v) is 7.25. The van der Waals surface area contributed by atoms with Gasteiger partial charge >= 0.3 is 0 Å². The van der Waals surface area contributed by atoms with Crippen LogP contribution in [0.4, 0.5) is 0 Å². The van der Waals surface area contributed by atoms with Crippen LogP contribution in [-0.2, 0) is 10.4 Å². The summed E-state index contributed by atoms with van der Waals surface area (Å²) in [5, 5.41) is 11.9. The summed E-state index contributed by atoms with van der Waals surface area (Å²) in [6.07, 6.45) is 5.00. The number of aliphatic hydroxyl groups is 1. The smallest absolute Gasteiger partial charge is 0.259 e. The second-order valence-electron chi connectivity index (χ2n) is 9.38. The molecule has 1 aliphatic heterocycles. The fraction of sp³-hybridized carbons (Fsp3) is 0.481. The van der Waals surface area contributed by atoms with Gasteiger partial charge in [0.1, 0.15) is 0 Å². The Morgan fingerprint density at radius 1 is 0.967 bits per heavy atom. The molecule has 1 N–H and O–H groups in total. The molecule has 1 saturated carbocycles. The minimum absolute atomic E-state index is 0.0100. The van der Waals surface area contributed by atoms with Crippen LogP contribution in [0.2, 0.25) is 0 Å². The van der Waals surface area contributed by atoms with Crippen LogP contribution in [0, 0.1) is 17.8 Å². The van der Waals surface area contributed by atoms with Gasteiger partial charge in [0.2, 0.25) is 0 Å². The number of rotatable bonds is 6. The number of carbonyl (C=O) groups is 1. The van der Waals surface area contributed by atoms with Crippen molar-refractivity contribution < 1.29 is 9.90 Å². The van der Waals surface area contributed by atoms with Crippen LogP contribution in [0.3, 0.4) is 0 Å². The molecule has 2 aromatic rings. The summed E-state index contributed by atoms with van der Waals surface area (Å²) in [7, 11) is 0. The van der Waals surface area contributed by atoms with Crippen molar-refractivity contribution in [1.29, 1.82) is 0 Å². The molecule has 3 heteroatoms. The van der Waals surface area contributed by atoms with Gasteiger partial charge in [0.15, 0.2) is 5.60 Å². The van der Waals surface area contributed by atoms with Crippen molar-refractivity contribution in [3.8, 4) is 0 Å². The van der Waals surface area contributed by atoms with E-state index in [1.54, 1.807) is 0 Å². The van der Waals surface area contributed by atoms with Gasteiger partial charge in [0.05, 0.1) is 0 Å². The van der Waals surface area contributed by atoms with Gasteiger partial charge < -0.3 is 10.0 Å². The summed E-state index contributed by atoms with van der Waals surface area (Å²) < 4.78 is 0. The van der Waals surface area contributed by atoms with Crippen molar-refractivity contribution >= 4 is 5.91 Å². The normalized spacial score (nSPS) is 22.9. The SMILES string of the molecule is C[C](C)C(c1ccccc1)C1CCN(C(=O)[C@](O)(c2ccccc2)C2CCCC2)C1. The minimum atomic E-state index is -1.40. The summed E-state index contributed by atoms with van der Waals surface area (Å²) in [5.74, 6) is 2.04. The maximum absolute atomic E-state index is 13.8. The van der Waals surface area contributed by atoms with Gasteiger partial charge in [-0.2, -0.15) is 0 Å². The van der Waals surface area contributed by atoms with Crippen LogP contribution >= 0.6 is 0 Å². The zero-order chi connectivity index (χ0) is 21.1. The molecule has 2 unspecified atom stereocenters. The van der Waals surface area contributed by atoms with E-state index in [0.717, 1.165) is 44.2 Å². The highest BCUT2D eigenvalue weighted by atomic mass is 16.3. The Balaban J connectivity index is 1.58. The summed E-state index contributed by atoms with van der Waals surface area (Å²) in [6.45, 7) is 5.83. The van der Waals surface area contributed by atoms with Gasteiger partial charge in [0.25, 0.3) is 5.91 Å². The molecular weight excluding hydrogens is 370 g/mol. The molecule has 3 nitrogen and oxygen atoms in total. The molecule has 1 amide bonds. The average Bonchev–Trinajstić information content (AvgIpc) is 3.47. The first-order valence-corrected chi connectivity index (χ1v) is 11.4. The van der Waals surface area contributed by atoms with Crippen LogP contribution in [0.5, 0.6) is 0 Å². The van der Waals surface area contributed by atoms with Gasteiger partial charge in [-0.1, -0.05) is 87.4 Å². The fourth-order valence-corrected chi connectivity index (χ4v) is 5.79. The molecule has 30 heavy (non-hydrogen) atoms. The van der Waals surface area contributed by atoms with Crippen LogP contribution < -0.4 is 0 Å². The Morgan fingerprint density at radius 2 is 1.57 bits per heavy atom. The summed E-state index contributed by atoms with van der Waals surface area (Å²) in [4.78, 5) is 15.7. The monoisotopic (exact) mass is 404 g/mol. The first-order chi connectivity index (χ1) is 14.5.